The Balaban J connectivity index is 0.000001000. The SMILES string of the molecule is C[C@@H]1[C@@H]([NH3+])[C@@H](O)[C@H](O)[C@@H]1O.[Cl-]. The summed E-state index contributed by atoms with van der Waals surface area (Å²) in [5, 5.41) is 27.4. The van der Waals surface area contributed by atoms with Crippen LogP contribution in [0.3, 0.4) is 0 Å². The average Bonchev–Trinajstić information content (AvgIpc) is 2.07. The fourth-order valence-corrected chi connectivity index (χ4v) is 1.33. The standard InChI is InChI=1S/C6H13NO3.ClH/c1-2-3(7)5(9)6(10)4(2)8;/h2-6,8-10H,7H2,1H3;1H/t2-,3-,4-,5-,6-;/m1./s1. The van der Waals surface area contributed by atoms with Gasteiger partial charge in [-0.25, -0.2) is 0 Å². The van der Waals surface area contributed by atoms with Crippen LogP contribution in [0.2, 0.25) is 0 Å². The molecular weight excluding hydrogens is 170 g/mol. The van der Waals surface area contributed by atoms with E-state index >= 15 is 0 Å². The van der Waals surface area contributed by atoms with E-state index < -0.39 is 18.3 Å². The number of rotatable bonds is 0. The van der Waals surface area contributed by atoms with Gasteiger partial charge in [0.15, 0.2) is 0 Å². The van der Waals surface area contributed by atoms with Gasteiger partial charge in [0.1, 0.15) is 18.2 Å². The van der Waals surface area contributed by atoms with Gasteiger partial charge in [-0.2, -0.15) is 0 Å². The molecule has 0 bridgehead atoms. The Hall–Kier alpha value is 0.130. The lowest BCUT2D eigenvalue weighted by Gasteiger charge is -2.09. The topological polar surface area (TPSA) is 88.3 Å². The highest BCUT2D eigenvalue weighted by Gasteiger charge is 2.47. The molecule has 0 aromatic rings. The summed E-state index contributed by atoms with van der Waals surface area (Å²) >= 11 is 0. The second kappa shape index (κ2) is 3.69. The summed E-state index contributed by atoms with van der Waals surface area (Å²) in [6.45, 7) is 1.77. The van der Waals surface area contributed by atoms with Crippen LogP contribution >= 0.6 is 0 Å². The van der Waals surface area contributed by atoms with Gasteiger partial charge >= 0.3 is 0 Å². The van der Waals surface area contributed by atoms with Gasteiger partial charge in [-0.05, 0) is 0 Å². The molecule has 11 heavy (non-hydrogen) atoms. The Kier molecular flexibility index (Phi) is 3.73. The predicted molar refractivity (Wildman–Crippen MR) is 33.9 cm³/mol. The van der Waals surface area contributed by atoms with Crippen LogP contribution in [0.4, 0.5) is 0 Å². The highest BCUT2D eigenvalue weighted by Crippen LogP contribution is 2.23. The zero-order valence-corrected chi connectivity index (χ0v) is 7.07. The Labute approximate surface area is 71.4 Å². The van der Waals surface area contributed by atoms with E-state index in [9.17, 15) is 0 Å². The Morgan fingerprint density at radius 3 is 1.55 bits per heavy atom. The average molecular weight is 184 g/mol. The van der Waals surface area contributed by atoms with Crippen molar-refractivity contribution in [3.63, 3.8) is 0 Å². The third kappa shape index (κ3) is 1.65. The fourth-order valence-electron chi connectivity index (χ4n) is 1.33. The largest absolute Gasteiger partial charge is 1.00 e. The van der Waals surface area contributed by atoms with Crippen molar-refractivity contribution in [1.82, 2.24) is 0 Å². The van der Waals surface area contributed by atoms with Crippen molar-refractivity contribution in [3.05, 3.63) is 0 Å². The molecule has 1 aliphatic rings. The maximum atomic E-state index is 9.16. The lowest BCUT2D eigenvalue weighted by Crippen LogP contribution is -3.00. The van der Waals surface area contributed by atoms with E-state index in [1.54, 1.807) is 6.92 Å². The zero-order chi connectivity index (χ0) is 7.89. The third-order valence-electron chi connectivity index (χ3n) is 2.35. The van der Waals surface area contributed by atoms with Crippen LogP contribution < -0.4 is 18.1 Å². The van der Waals surface area contributed by atoms with Crippen LogP contribution in [0.15, 0.2) is 0 Å². The molecule has 0 saturated heterocycles. The molecule has 0 aromatic heterocycles. The molecule has 1 aliphatic carbocycles. The Morgan fingerprint density at radius 1 is 1.00 bits per heavy atom. The van der Waals surface area contributed by atoms with E-state index in [0.717, 1.165) is 0 Å². The van der Waals surface area contributed by atoms with E-state index in [0.29, 0.717) is 0 Å². The number of quaternary nitrogens is 1. The predicted octanol–water partition coefficient (Wildman–Crippen LogP) is -5.67. The summed E-state index contributed by atoms with van der Waals surface area (Å²) in [5.41, 5.74) is 3.63. The molecule has 5 heteroatoms. The van der Waals surface area contributed by atoms with Crippen molar-refractivity contribution in [2.45, 2.75) is 31.3 Å². The Bertz CT molecular complexity index is 90.2. The first kappa shape index (κ1) is 11.1. The molecule has 1 fully saturated rings. The first-order chi connectivity index (χ1) is 4.55. The number of hydrogen-bond donors (Lipinski definition) is 4. The number of hydrogen-bond acceptors (Lipinski definition) is 3. The number of aliphatic hydroxyl groups is 3. The maximum absolute atomic E-state index is 9.16. The smallest absolute Gasteiger partial charge is 0.134 e. The normalized spacial score (nSPS) is 50.5. The van der Waals surface area contributed by atoms with Gasteiger partial charge in [0.25, 0.3) is 0 Å². The van der Waals surface area contributed by atoms with Crippen LogP contribution in [0, 0.1) is 5.92 Å². The van der Waals surface area contributed by atoms with Gasteiger partial charge in [-0.1, -0.05) is 6.92 Å². The molecule has 6 N–H and O–H groups in total. The minimum atomic E-state index is -1.02. The monoisotopic (exact) mass is 183 g/mol. The van der Waals surface area contributed by atoms with E-state index in [4.69, 9.17) is 15.3 Å². The molecule has 0 radical (unpaired) electrons. The molecule has 1 saturated carbocycles. The highest BCUT2D eigenvalue weighted by molar-refractivity contribution is 4.95. The van der Waals surface area contributed by atoms with Gasteiger partial charge in [-0.15, -0.1) is 0 Å². The third-order valence-corrected chi connectivity index (χ3v) is 2.35. The summed E-state index contributed by atoms with van der Waals surface area (Å²) in [4.78, 5) is 0. The van der Waals surface area contributed by atoms with Crippen LogP contribution in [0.25, 0.3) is 0 Å². The van der Waals surface area contributed by atoms with Crippen LogP contribution in [-0.4, -0.2) is 39.7 Å². The maximum Gasteiger partial charge on any atom is 0.134 e. The quantitative estimate of drug-likeness (QED) is 0.302. The van der Waals surface area contributed by atoms with Crippen molar-refractivity contribution in [3.8, 4) is 0 Å². The molecular formula is C6H14ClNO3. The van der Waals surface area contributed by atoms with E-state index in [-0.39, 0.29) is 24.4 Å². The summed E-state index contributed by atoms with van der Waals surface area (Å²) in [6, 6.07) is -0.259. The zero-order valence-electron chi connectivity index (χ0n) is 6.31. The lowest BCUT2D eigenvalue weighted by atomic mass is 10.1. The molecule has 0 amide bonds. The molecule has 5 atom stereocenters. The van der Waals surface area contributed by atoms with Crippen LogP contribution in [0.5, 0.6) is 0 Å². The molecule has 0 unspecified atom stereocenters. The fraction of sp³-hybridized carbons (Fsp3) is 1.00. The van der Waals surface area contributed by atoms with Crippen LogP contribution in [0.1, 0.15) is 6.92 Å². The molecule has 0 aromatic carbocycles. The summed E-state index contributed by atoms with van der Waals surface area (Å²) in [5.74, 6) is -0.120. The Morgan fingerprint density at radius 2 is 1.45 bits per heavy atom. The number of halogens is 1. The molecule has 0 spiro atoms. The van der Waals surface area contributed by atoms with Gasteiger partial charge in [0.2, 0.25) is 0 Å². The second-order valence-electron chi connectivity index (χ2n) is 2.99. The molecule has 4 nitrogen and oxygen atoms in total. The summed E-state index contributed by atoms with van der Waals surface area (Å²) < 4.78 is 0. The van der Waals surface area contributed by atoms with Gasteiger partial charge in [-0.3, -0.25) is 0 Å². The highest BCUT2D eigenvalue weighted by atomic mass is 35.5. The van der Waals surface area contributed by atoms with Crippen molar-refractivity contribution in [1.29, 1.82) is 0 Å². The van der Waals surface area contributed by atoms with Crippen molar-refractivity contribution >= 4 is 0 Å². The lowest BCUT2D eigenvalue weighted by molar-refractivity contribution is -0.444. The van der Waals surface area contributed by atoms with E-state index in [2.05, 4.69) is 5.73 Å². The molecule has 68 valence electrons. The second-order valence-corrected chi connectivity index (χ2v) is 2.99. The first-order valence-electron chi connectivity index (χ1n) is 3.43. The van der Waals surface area contributed by atoms with E-state index in [1.807, 2.05) is 0 Å². The molecule has 0 aliphatic heterocycles. The summed E-state index contributed by atoms with van der Waals surface area (Å²) in [6.07, 6.45) is -2.71. The van der Waals surface area contributed by atoms with Crippen molar-refractivity contribution in [2.24, 2.45) is 5.92 Å². The number of aliphatic hydroxyl groups excluding tert-OH is 3. The van der Waals surface area contributed by atoms with Crippen LogP contribution in [-0.2, 0) is 0 Å². The molecule has 1 rings (SSSR count). The van der Waals surface area contributed by atoms with Gasteiger partial charge in [0.05, 0.1) is 6.10 Å². The van der Waals surface area contributed by atoms with E-state index in [1.165, 1.54) is 0 Å². The first-order valence-corrected chi connectivity index (χ1v) is 3.43. The van der Waals surface area contributed by atoms with Crippen molar-refractivity contribution in [2.75, 3.05) is 0 Å². The minimum Gasteiger partial charge on any atom is -1.00 e. The van der Waals surface area contributed by atoms with Crippen molar-refractivity contribution < 1.29 is 33.5 Å². The minimum absolute atomic E-state index is 0. The summed E-state index contributed by atoms with van der Waals surface area (Å²) in [7, 11) is 0. The van der Waals surface area contributed by atoms with Gasteiger partial charge in [0, 0.05) is 5.92 Å². The van der Waals surface area contributed by atoms with Gasteiger partial charge < -0.3 is 33.5 Å². The molecule has 0 heterocycles.